The van der Waals surface area contributed by atoms with Gasteiger partial charge in [-0.2, -0.15) is 0 Å². The van der Waals surface area contributed by atoms with Crippen LogP contribution in [0, 0.1) is 6.07 Å². The fourth-order valence-electron chi connectivity index (χ4n) is 1.36. The molecule has 0 aliphatic rings. The van der Waals surface area contributed by atoms with Crippen LogP contribution in [0.3, 0.4) is 0 Å². The van der Waals surface area contributed by atoms with Gasteiger partial charge in [0.05, 0.1) is 6.17 Å². The SMILES string of the molecule is CCC(NC(=O)c1[c]cccc1)N(C)C. The third-order valence-electron chi connectivity index (χ3n) is 2.26. The summed E-state index contributed by atoms with van der Waals surface area (Å²) in [4.78, 5) is 13.7. The zero-order valence-electron chi connectivity index (χ0n) is 9.45. The largest absolute Gasteiger partial charge is 0.337 e. The quantitative estimate of drug-likeness (QED) is 0.756. The first-order chi connectivity index (χ1) is 7.15. The van der Waals surface area contributed by atoms with E-state index < -0.39 is 0 Å². The molecule has 0 saturated heterocycles. The van der Waals surface area contributed by atoms with Crippen molar-refractivity contribution in [3.05, 3.63) is 35.9 Å². The van der Waals surface area contributed by atoms with Gasteiger partial charge in [0.25, 0.3) is 5.91 Å². The maximum absolute atomic E-state index is 11.7. The number of carbonyl (C=O) groups is 1. The van der Waals surface area contributed by atoms with Gasteiger partial charge < -0.3 is 5.32 Å². The van der Waals surface area contributed by atoms with E-state index >= 15 is 0 Å². The van der Waals surface area contributed by atoms with Crippen LogP contribution in [-0.4, -0.2) is 31.1 Å². The van der Waals surface area contributed by atoms with Crippen molar-refractivity contribution in [2.75, 3.05) is 14.1 Å². The first-order valence-electron chi connectivity index (χ1n) is 5.09. The molecule has 0 heterocycles. The Balaban J connectivity index is 2.63. The number of nitrogens with one attached hydrogen (secondary N) is 1. The summed E-state index contributed by atoms with van der Waals surface area (Å²) >= 11 is 0. The maximum atomic E-state index is 11.7. The summed E-state index contributed by atoms with van der Waals surface area (Å²) in [6, 6.07) is 10.1. The van der Waals surface area contributed by atoms with E-state index in [4.69, 9.17) is 0 Å². The van der Waals surface area contributed by atoms with E-state index in [-0.39, 0.29) is 12.1 Å². The van der Waals surface area contributed by atoms with Crippen LogP contribution in [0.25, 0.3) is 0 Å². The molecule has 1 aromatic carbocycles. The highest BCUT2D eigenvalue weighted by atomic mass is 16.1. The van der Waals surface area contributed by atoms with Gasteiger partial charge in [-0.15, -0.1) is 0 Å². The van der Waals surface area contributed by atoms with Crippen molar-refractivity contribution < 1.29 is 4.79 Å². The second-order valence-corrected chi connectivity index (χ2v) is 3.64. The minimum absolute atomic E-state index is 0.0730. The lowest BCUT2D eigenvalue weighted by molar-refractivity contribution is 0.0887. The van der Waals surface area contributed by atoms with Crippen molar-refractivity contribution >= 4 is 5.91 Å². The highest BCUT2D eigenvalue weighted by Gasteiger charge is 2.12. The molecule has 1 aromatic rings. The van der Waals surface area contributed by atoms with E-state index in [1.54, 1.807) is 12.1 Å². The summed E-state index contributed by atoms with van der Waals surface area (Å²) in [5, 5.41) is 2.94. The number of hydrogen-bond acceptors (Lipinski definition) is 2. The molecule has 1 rings (SSSR count). The van der Waals surface area contributed by atoms with Gasteiger partial charge in [-0.1, -0.05) is 25.1 Å². The van der Waals surface area contributed by atoms with E-state index in [0.717, 1.165) is 6.42 Å². The molecular formula is C12H17N2O. The van der Waals surface area contributed by atoms with Gasteiger partial charge in [0.15, 0.2) is 0 Å². The summed E-state index contributed by atoms with van der Waals surface area (Å²) in [5.74, 6) is -0.0730. The van der Waals surface area contributed by atoms with Gasteiger partial charge in [0.1, 0.15) is 0 Å². The molecule has 0 aromatic heterocycles. The Bertz CT molecular complexity index is 309. The van der Waals surface area contributed by atoms with Crippen molar-refractivity contribution in [1.82, 2.24) is 10.2 Å². The number of nitrogens with zero attached hydrogens (tertiary/aromatic N) is 1. The van der Waals surface area contributed by atoms with Crippen LogP contribution in [0.5, 0.6) is 0 Å². The summed E-state index contributed by atoms with van der Waals surface area (Å²) in [7, 11) is 3.90. The first-order valence-corrected chi connectivity index (χ1v) is 5.09. The van der Waals surface area contributed by atoms with Crippen LogP contribution >= 0.6 is 0 Å². The standard InChI is InChI=1S/C12H17N2O/c1-4-11(14(2)3)13-12(15)10-8-6-5-7-9-10/h5-8,11H,4H2,1-3H3,(H,13,15). The maximum Gasteiger partial charge on any atom is 0.253 e. The highest BCUT2D eigenvalue weighted by molar-refractivity contribution is 5.93. The molecule has 0 aliphatic carbocycles. The van der Waals surface area contributed by atoms with Crippen molar-refractivity contribution in [3.63, 3.8) is 0 Å². The molecule has 0 bridgehead atoms. The van der Waals surface area contributed by atoms with Crippen LogP contribution in [0.1, 0.15) is 23.7 Å². The molecule has 3 nitrogen and oxygen atoms in total. The van der Waals surface area contributed by atoms with E-state index in [0.29, 0.717) is 5.56 Å². The second kappa shape index (κ2) is 5.51. The molecule has 1 amide bonds. The van der Waals surface area contributed by atoms with Crippen molar-refractivity contribution in [3.8, 4) is 0 Å². The Morgan fingerprint density at radius 2 is 2.27 bits per heavy atom. The minimum atomic E-state index is -0.0730. The lowest BCUT2D eigenvalue weighted by Crippen LogP contribution is -2.44. The lowest BCUT2D eigenvalue weighted by Gasteiger charge is -2.23. The molecule has 1 radical (unpaired) electrons. The Labute approximate surface area is 91.1 Å². The van der Waals surface area contributed by atoms with Crippen LogP contribution in [0.4, 0.5) is 0 Å². The average molecular weight is 205 g/mol. The van der Waals surface area contributed by atoms with Crippen molar-refractivity contribution in [2.24, 2.45) is 0 Å². The average Bonchev–Trinajstić information content (AvgIpc) is 2.26. The Kier molecular flexibility index (Phi) is 4.31. The van der Waals surface area contributed by atoms with Crippen LogP contribution in [-0.2, 0) is 0 Å². The Hall–Kier alpha value is -1.35. The van der Waals surface area contributed by atoms with Gasteiger partial charge in [-0.25, -0.2) is 0 Å². The van der Waals surface area contributed by atoms with Crippen molar-refractivity contribution in [2.45, 2.75) is 19.5 Å². The number of benzene rings is 1. The topological polar surface area (TPSA) is 32.3 Å². The Morgan fingerprint density at radius 3 is 2.73 bits per heavy atom. The van der Waals surface area contributed by atoms with Gasteiger partial charge in [0, 0.05) is 5.56 Å². The number of carbonyl (C=O) groups excluding carboxylic acids is 1. The fourth-order valence-corrected chi connectivity index (χ4v) is 1.36. The molecule has 1 N–H and O–H groups in total. The lowest BCUT2D eigenvalue weighted by atomic mass is 10.2. The van der Waals surface area contributed by atoms with Crippen molar-refractivity contribution in [1.29, 1.82) is 0 Å². The fraction of sp³-hybridized carbons (Fsp3) is 0.417. The molecule has 0 fully saturated rings. The smallest absolute Gasteiger partial charge is 0.253 e. The first kappa shape index (κ1) is 11.7. The number of rotatable bonds is 4. The van der Waals surface area contributed by atoms with E-state index in [2.05, 4.69) is 11.4 Å². The van der Waals surface area contributed by atoms with Crippen LogP contribution < -0.4 is 5.32 Å². The number of amides is 1. The van der Waals surface area contributed by atoms with E-state index in [1.807, 2.05) is 38.1 Å². The monoisotopic (exact) mass is 205 g/mol. The second-order valence-electron chi connectivity index (χ2n) is 3.64. The molecule has 1 atom stereocenters. The predicted octanol–water partition coefficient (Wildman–Crippen LogP) is 1.51. The zero-order valence-corrected chi connectivity index (χ0v) is 9.45. The third-order valence-corrected chi connectivity index (χ3v) is 2.26. The predicted molar refractivity (Wildman–Crippen MR) is 60.5 cm³/mol. The molecule has 0 aliphatic heterocycles. The van der Waals surface area contributed by atoms with E-state index in [9.17, 15) is 4.79 Å². The molecule has 3 heteroatoms. The normalized spacial score (nSPS) is 12.5. The summed E-state index contributed by atoms with van der Waals surface area (Å²) in [6.45, 7) is 2.04. The minimum Gasteiger partial charge on any atom is -0.337 e. The summed E-state index contributed by atoms with van der Waals surface area (Å²) < 4.78 is 0. The molecule has 0 spiro atoms. The summed E-state index contributed by atoms with van der Waals surface area (Å²) in [6.07, 6.45) is 0.956. The zero-order chi connectivity index (χ0) is 11.3. The molecule has 1 unspecified atom stereocenters. The molecule has 81 valence electrons. The Morgan fingerprint density at radius 1 is 1.53 bits per heavy atom. The third kappa shape index (κ3) is 3.36. The number of hydrogen-bond donors (Lipinski definition) is 1. The van der Waals surface area contributed by atoms with Gasteiger partial charge in [-0.3, -0.25) is 9.69 Å². The highest BCUT2D eigenvalue weighted by Crippen LogP contribution is 2.00. The van der Waals surface area contributed by atoms with Crippen LogP contribution in [0.15, 0.2) is 24.3 Å². The van der Waals surface area contributed by atoms with Gasteiger partial charge in [-0.05, 0) is 32.6 Å². The van der Waals surface area contributed by atoms with Gasteiger partial charge in [0.2, 0.25) is 0 Å². The van der Waals surface area contributed by atoms with E-state index in [1.165, 1.54) is 0 Å². The molecular weight excluding hydrogens is 188 g/mol. The van der Waals surface area contributed by atoms with Gasteiger partial charge >= 0.3 is 0 Å². The molecule has 0 saturated carbocycles. The summed E-state index contributed by atoms with van der Waals surface area (Å²) in [5.41, 5.74) is 0.581. The van der Waals surface area contributed by atoms with Crippen LogP contribution in [0.2, 0.25) is 0 Å². The molecule has 15 heavy (non-hydrogen) atoms.